The Morgan fingerprint density at radius 1 is 1.27 bits per heavy atom. The molecule has 3 rings (SSSR count). The summed E-state index contributed by atoms with van der Waals surface area (Å²) >= 11 is 1.67. The van der Waals surface area contributed by atoms with Crippen molar-refractivity contribution >= 4 is 23.2 Å². The Bertz CT molecular complexity index is 543. The molecule has 1 aromatic heterocycles. The Morgan fingerprint density at radius 3 is 2.86 bits per heavy atom. The average molecular weight is 321 g/mol. The summed E-state index contributed by atoms with van der Waals surface area (Å²) in [6, 6.07) is 2.10. The van der Waals surface area contributed by atoms with Gasteiger partial charge >= 0.3 is 5.97 Å². The smallest absolute Gasteiger partial charge is 0.303 e. The predicted molar refractivity (Wildman–Crippen MR) is 86.5 cm³/mol. The SMILES string of the molecule is O=C(O)CCC1CCCN(C(=O)c2cc3c(s2)CCCC3)C1. The summed E-state index contributed by atoms with van der Waals surface area (Å²) in [5, 5.41) is 8.81. The van der Waals surface area contributed by atoms with E-state index in [0.29, 0.717) is 18.9 Å². The van der Waals surface area contributed by atoms with Crippen LogP contribution in [0.3, 0.4) is 0 Å². The standard InChI is InChI=1S/C17H23NO3S/c19-16(20)8-7-12-4-3-9-18(11-12)17(21)15-10-13-5-1-2-6-14(13)22-15/h10,12H,1-9,11H2,(H,19,20). The second-order valence-corrected chi connectivity index (χ2v) is 7.59. The van der Waals surface area contributed by atoms with Gasteiger partial charge in [0.2, 0.25) is 0 Å². The first-order chi connectivity index (χ1) is 10.6. The third-order valence-corrected chi connectivity index (χ3v) is 6.01. The normalized spacial score (nSPS) is 21.5. The molecule has 0 aromatic carbocycles. The van der Waals surface area contributed by atoms with Crippen LogP contribution in [0.5, 0.6) is 0 Å². The molecule has 0 radical (unpaired) electrons. The lowest BCUT2D eigenvalue weighted by Crippen LogP contribution is -2.39. The number of carboxylic acids is 1. The number of hydrogen-bond donors (Lipinski definition) is 1. The number of aryl methyl sites for hydroxylation is 2. The zero-order valence-corrected chi connectivity index (χ0v) is 13.7. The zero-order chi connectivity index (χ0) is 15.5. The number of nitrogens with zero attached hydrogens (tertiary/aromatic N) is 1. The number of fused-ring (bicyclic) bond motifs is 1. The van der Waals surface area contributed by atoms with Gasteiger partial charge in [0.05, 0.1) is 4.88 Å². The van der Waals surface area contributed by atoms with Crippen LogP contribution in [0.4, 0.5) is 0 Å². The lowest BCUT2D eigenvalue weighted by Gasteiger charge is -2.32. The van der Waals surface area contributed by atoms with E-state index in [1.165, 1.54) is 23.3 Å². The average Bonchev–Trinajstić information content (AvgIpc) is 2.96. The highest BCUT2D eigenvalue weighted by Crippen LogP contribution is 2.31. The molecule has 0 bridgehead atoms. The lowest BCUT2D eigenvalue weighted by atomic mass is 9.93. The molecule has 0 saturated carbocycles. The number of rotatable bonds is 4. The monoisotopic (exact) mass is 321 g/mol. The highest BCUT2D eigenvalue weighted by molar-refractivity contribution is 7.14. The molecule has 4 nitrogen and oxygen atoms in total. The summed E-state index contributed by atoms with van der Waals surface area (Å²) in [4.78, 5) is 27.6. The number of likely N-dealkylation sites (tertiary alicyclic amines) is 1. The molecule has 120 valence electrons. The molecule has 0 spiro atoms. The largest absolute Gasteiger partial charge is 0.481 e. The molecule has 22 heavy (non-hydrogen) atoms. The fraction of sp³-hybridized carbons (Fsp3) is 0.647. The van der Waals surface area contributed by atoms with Crippen molar-refractivity contribution in [2.45, 2.75) is 51.4 Å². The number of hydrogen-bond acceptors (Lipinski definition) is 3. The minimum Gasteiger partial charge on any atom is -0.481 e. The Morgan fingerprint density at radius 2 is 2.09 bits per heavy atom. The topological polar surface area (TPSA) is 57.6 Å². The molecule has 2 aliphatic rings. The maximum Gasteiger partial charge on any atom is 0.303 e. The van der Waals surface area contributed by atoms with Gasteiger partial charge in [-0.3, -0.25) is 9.59 Å². The molecule has 1 saturated heterocycles. The number of amides is 1. The van der Waals surface area contributed by atoms with Crippen molar-refractivity contribution in [3.05, 3.63) is 21.4 Å². The van der Waals surface area contributed by atoms with Crippen LogP contribution < -0.4 is 0 Å². The van der Waals surface area contributed by atoms with E-state index in [1.54, 1.807) is 11.3 Å². The van der Waals surface area contributed by atoms with Crippen LogP contribution in [0.2, 0.25) is 0 Å². The van der Waals surface area contributed by atoms with E-state index in [1.807, 2.05) is 4.90 Å². The van der Waals surface area contributed by atoms with Gasteiger partial charge in [-0.2, -0.15) is 0 Å². The van der Waals surface area contributed by atoms with Crippen LogP contribution in [0, 0.1) is 5.92 Å². The fourth-order valence-corrected chi connectivity index (χ4v) is 4.79. The van der Waals surface area contributed by atoms with E-state index in [2.05, 4.69) is 6.07 Å². The second kappa shape index (κ2) is 6.82. The van der Waals surface area contributed by atoms with Gasteiger partial charge in [-0.1, -0.05) is 0 Å². The van der Waals surface area contributed by atoms with Crippen molar-refractivity contribution in [1.82, 2.24) is 4.90 Å². The molecule has 1 amide bonds. The molecule has 1 unspecified atom stereocenters. The minimum absolute atomic E-state index is 0.152. The number of carbonyl (C=O) groups is 2. The summed E-state index contributed by atoms with van der Waals surface area (Å²) in [5.41, 5.74) is 1.37. The molecular formula is C17H23NO3S. The van der Waals surface area contributed by atoms with E-state index < -0.39 is 5.97 Å². The van der Waals surface area contributed by atoms with Crippen LogP contribution in [0.25, 0.3) is 0 Å². The Balaban J connectivity index is 1.63. The molecule has 1 aliphatic carbocycles. The molecule has 5 heteroatoms. The first kappa shape index (κ1) is 15.5. The maximum absolute atomic E-state index is 12.7. The summed E-state index contributed by atoms with van der Waals surface area (Å²) in [6.07, 6.45) is 7.62. The van der Waals surface area contributed by atoms with Crippen LogP contribution in [-0.4, -0.2) is 35.0 Å². The van der Waals surface area contributed by atoms with Gasteiger partial charge in [0, 0.05) is 24.4 Å². The summed E-state index contributed by atoms with van der Waals surface area (Å²) < 4.78 is 0. The third-order valence-electron chi connectivity index (χ3n) is 4.78. The summed E-state index contributed by atoms with van der Waals surface area (Å²) in [5.74, 6) is -0.253. The molecule has 1 atom stereocenters. The molecule has 2 heterocycles. The zero-order valence-electron chi connectivity index (χ0n) is 12.8. The Kier molecular flexibility index (Phi) is 4.81. The molecule has 1 fully saturated rings. The van der Waals surface area contributed by atoms with Gasteiger partial charge in [-0.15, -0.1) is 11.3 Å². The molecule has 1 N–H and O–H groups in total. The van der Waals surface area contributed by atoms with E-state index in [-0.39, 0.29) is 12.3 Å². The van der Waals surface area contributed by atoms with Gasteiger partial charge in [-0.05, 0) is 62.5 Å². The molecular weight excluding hydrogens is 298 g/mol. The van der Waals surface area contributed by atoms with Crippen LogP contribution in [0.15, 0.2) is 6.07 Å². The number of piperidine rings is 1. The maximum atomic E-state index is 12.7. The highest BCUT2D eigenvalue weighted by atomic mass is 32.1. The quantitative estimate of drug-likeness (QED) is 0.925. The number of aliphatic carboxylic acids is 1. The van der Waals surface area contributed by atoms with Crippen LogP contribution in [-0.2, 0) is 17.6 Å². The van der Waals surface area contributed by atoms with Crippen molar-refractivity contribution in [3.63, 3.8) is 0 Å². The van der Waals surface area contributed by atoms with Gasteiger partial charge in [0.15, 0.2) is 0 Å². The van der Waals surface area contributed by atoms with Crippen molar-refractivity contribution < 1.29 is 14.7 Å². The third kappa shape index (κ3) is 3.51. The predicted octanol–water partition coefficient (Wildman–Crippen LogP) is 3.34. The van der Waals surface area contributed by atoms with Crippen molar-refractivity contribution in [2.24, 2.45) is 5.92 Å². The van der Waals surface area contributed by atoms with Gasteiger partial charge in [0.1, 0.15) is 0 Å². The van der Waals surface area contributed by atoms with E-state index in [4.69, 9.17) is 5.11 Å². The first-order valence-corrected chi connectivity index (χ1v) is 9.08. The first-order valence-electron chi connectivity index (χ1n) is 8.26. The van der Waals surface area contributed by atoms with Gasteiger partial charge in [-0.25, -0.2) is 0 Å². The Labute approximate surface area is 135 Å². The minimum atomic E-state index is -0.741. The summed E-state index contributed by atoms with van der Waals surface area (Å²) in [6.45, 7) is 1.53. The number of carbonyl (C=O) groups excluding carboxylic acids is 1. The van der Waals surface area contributed by atoms with E-state index in [9.17, 15) is 9.59 Å². The van der Waals surface area contributed by atoms with E-state index >= 15 is 0 Å². The highest BCUT2D eigenvalue weighted by Gasteiger charge is 2.27. The van der Waals surface area contributed by atoms with Gasteiger partial charge in [0.25, 0.3) is 5.91 Å². The van der Waals surface area contributed by atoms with Crippen LogP contribution in [0.1, 0.15) is 58.6 Å². The van der Waals surface area contributed by atoms with Crippen LogP contribution >= 0.6 is 11.3 Å². The number of carboxylic acid groups (broad SMARTS) is 1. The fourth-order valence-electron chi connectivity index (χ4n) is 3.56. The summed E-state index contributed by atoms with van der Waals surface area (Å²) in [7, 11) is 0. The lowest BCUT2D eigenvalue weighted by molar-refractivity contribution is -0.137. The van der Waals surface area contributed by atoms with Crippen molar-refractivity contribution in [3.8, 4) is 0 Å². The van der Waals surface area contributed by atoms with Crippen molar-refractivity contribution in [2.75, 3.05) is 13.1 Å². The second-order valence-electron chi connectivity index (χ2n) is 6.46. The van der Waals surface area contributed by atoms with Crippen molar-refractivity contribution in [1.29, 1.82) is 0 Å². The Hall–Kier alpha value is -1.36. The molecule has 1 aromatic rings. The number of thiophene rings is 1. The molecule has 1 aliphatic heterocycles. The van der Waals surface area contributed by atoms with E-state index in [0.717, 1.165) is 37.1 Å². The van der Waals surface area contributed by atoms with Gasteiger partial charge < -0.3 is 10.0 Å².